The first-order valence-corrected chi connectivity index (χ1v) is 9.40. The van der Waals surface area contributed by atoms with Gasteiger partial charge in [-0.1, -0.05) is 11.6 Å². The van der Waals surface area contributed by atoms with Crippen LogP contribution in [0.2, 0.25) is 5.02 Å². The number of carboxylic acids is 1. The van der Waals surface area contributed by atoms with E-state index in [1.807, 2.05) is 0 Å². The van der Waals surface area contributed by atoms with Crippen LogP contribution in [0, 0.1) is 10.1 Å². The minimum Gasteiger partial charge on any atom is -0.494 e. The van der Waals surface area contributed by atoms with Crippen LogP contribution in [0.1, 0.15) is 6.92 Å². The minimum absolute atomic E-state index is 0.142. The molecule has 0 unspecified atom stereocenters. The summed E-state index contributed by atoms with van der Waals surface area (Å²) < 4.78 is 31.7. The zero-order chi connectivity index (χ0) is 20.2. The Morgan fingerprint density at radius 1 is 1.26 bits per heavy atom. The number of carboxylic acid groups (broad SMARTS) is 1. The summed E-state index contributed by atoms with van der Waals surface area (Å²) in [6, 6.07) is 8.48. The maximum atomic E-state index is 13.0. The first-order valence-electron chi connectivity index (χ1n) is 7.58. The number of nitro groups is 1. The number of hydrogen-bond donors (Lipinski definition) is 1. The van der Waals surface area contributed by atoms with Gasteiger partial charge in [0.25, 0.3) is 15.7 Å². The topological polar surface area (TPSA) is 127 Å². The number of halogens is 1. The van der Waals surface area contributed by atoms with Crippen LogP contribution < -0.4 is 9.04 Å². The molecule has 0 amide bonds. The van der Waals surface area contributed by atoms with Crippen molar-refractivity contribution in [3.8, 4) is 5.75 Å². The SMILES string of the molecule is CCOc1ccc(S(=O)(=O)N(CC(=O)O)c2cc([N+](=O)[O-])ccc2Cl)cc1. The van der Waals surface area contributed by atoms with Crippen LogP contribution in [-0.4, -0.2) is 37.6 Å². The maximum absolute atomic E-state index is 13.0. The second kappa shape index (κ2) is 8.23. The van der Waals surface area contributed by atoms with Crippen LogP contribution >= 0.6 is 11.6 Å². The largest absolute Gasteiger partial charge is 0.494 e. The van der Waals surface area contributed by atoms with E-state index in [1.54, 1.807) is 6.92 Å². The lowest BCUT2D eigenvalue weighted by molar-refractivity contribution is -0.384. The molecule has 0 heterocycles. The molecule has 0 aliphatic rings. The normalized spacial score (nSPS) is 11.0. The highest BCUT2D eigenvalue weighted by atomic mass is 35.5. The lowest BCUT2D eigenvalue weighted by atomic mass is 10.3. The molecule has 2 aromatic carbocycles. The van der Waals surface area contributed by atoms with Crippen molar-refractivity contribution >= 4 is 39.0 Å². The van der Waals surface area contributed by atoms with Crippen LogP contribution in [0.25, 0.3) is 0 Å². The summed E-state index contributed by atoms with van der Waals surface area (Å²) in [5.74, 6) is -1.01. The van der Waals surface area contributed by atoms with Gasteiger partial charge in [-0.05, 0) is 37.3 Å². The van der Waals surface area contributed by atoms with E-state index < -0.39 is 33.1 Å². The van der Waals surface area contributed by atoms with E-state index in [9.17, 15) is 23.3 Å². The van der Waals surface area contributed by atoms with E-state index in [-0.39, 0.29) is 15.6 Å². The summed E-state index contributed by atoms with van der Waals surface area (Å²) >= 11 is 6.00. The molecule has 11 heteroatoms. The Morgan fingerprint density at radius 2 is 1.89 bits per heavy atom. The van der Waals surface area contributed by atoms with Gasteiger partial charge in [0.2, 0.25) is 0 Å². The molecule has 0 aliphatic heterocycles. The fourth-order valence-corrected chi connectivity index (χ4v) is 3.92. The molecule has 0 aromatic heterocycles. The van der Waals surface area contributed by atoms with Crippen LogP contribution in [0.4, 0.5) is 11.4 Å². The van der Waals surface area contributed by atoms with Gasteiger partial charge in [0, 0.05) is 12.1 Å². The number of carbonyl (C=O) groups is 1. The van der Waals surface area contributed by atoms with Gasteiger partial charge in [0.05, 0.1) is 27.1 Å². The molecule has 0 aliphatic carbocycles. The van der Waals surface area contributed by atoms with Gasteiger partial charge in [-0.15, -0.1) is 0 Å². The van der Waals surface area contributed by atoms with Crippen molar-refractivity contribution in [2.24, 2.45) is 0 Å². The van der Waals surface area contributed by atoms with Crippen molar-refractivity contribution in [1.29, 1.82) is 0 Å². The number of rotatable bonds is 8. The number of benzene rings is 2. The molecular formula is C16H15ClN2O7S. The van der Waals surface area contributed by atoms with Crippen LogP contribution in [0.3, 0.4) is 0 Å². The quantitative estimate of drug-likeness (QED) is 0.519. The van der Waals surface area contributed by atoms with Gasteiger partial charge < -0.3 is 9.84 Å². The second-order valence-electron chi connectivity index (χ2n) is 5.20. The third kappa shape index (κ3) is 4.66. The molecule has 144 valence electrons. The van der Waals surface area contributed by atoms with Crippen molar-refractivity contribution in [3.05, 3.63) is 57.6 Å². The third-order valence-corrected chi connectivity index (χ3v) is 5.50. The van der Waals surface area contributed by atoms with E-state index in [1.165, 1.54) is 24.3 Å². The van der Waals surface area contributed by atoms with E-state index in [2.05, 4.69) is 0 Å². The van der Waals surface area contributed by atoms with E-state index in [0.717, 1.165) is 18.2 Å². The number of hydrogen-bond acceptors (Lipinski definition) is 6. The second-order valence-corrected chi connectivity index (χ2v) is 7.47. The molecular weight excluding hydrogens is 400 g/mol. The minimum atomic E-state index is -4.36. The Hall–Kier alpha value is -2.85. The highest BCUT2D eigenvalue weighted by Crippen LogP contribution is 2.34. The maximum Gasteiger partial charge on any atom is 0.324 e. The highest BCUT2D eigenvalue weighted by molar-refractivity contribution is 7.92. The predicted molar refractivity (Wildman–Crippen MR) is 97.9 cm³/mol. The Bertz CT molecular complexity index is 961. The number of ether oxygens (including phenoxy) is 1. The first-order chi connectivity index (χ1) is 12.7. The van der Waals surface area contributed by atoms with Crippen molar-refractivity contribution in [3.63, 3.8) is 0 Å². The number of aliphatic carboxylic acids is 1. The van der Waals surface area contributed by atoms with Crippen molar-refractivity contribution in [1.82, 2.24) is 0 Å². The number of anilines is 1. The monoisotopic (exact) mass is 414 g/mol. The lowest BCUT2D eigenvalue weighted by Crippen LogP contribution is -2.36. The van der Waals surface area contributed by atoms with Crippen LogP contribution in [-0.2, 0) is 14.8 Å². The smallest absolute Gasteiger partial charge is 0.324 e. The molecule has 0 fully saturated rings. The van der Waals surface area contributed by atoms with E-state index in [0.29, 0.717) is 16.7 Å². The fraction of sp³-hybridized carbons (Fsp3) is 0.188. The molecule has 0 saturated heterocycles. The summed E-state index contributed by atoms with van der Waals surface area (Å²) in [6.07, 6.45) is 0. The van der Waals surface area contributed by atoms with Gasteiger partial charge in [-0.2, -0.15) is 0 Å². The molecule has 0 spiro atoms. The molecule has 27 heavy (non-hydrogen) atoms. The highest BCUT2D eigenvalue weighted by Gasteiger charge is 2.30. The molecule has 2 aromatic rings. The molecule has 0 radical (unpaired) electrons. The number of nitrogens with zero attached hydrogens (tertiary/aromatic N) is 2. The molecule has 1 N–H and O–H groups in total. The standard InChI is InChI=1S/C16H15ClN2O7S/c1-2-26-12-4-6-13(7-5-12)27(24,25)18(10-16(20)21)15-9-11(19(22)23)3-8-14(15)17/h3-9H,2,10H2,1H3,(H,20,21). The Morgan fingerprint density at radius 3 is 2.41 bits per heavy atom. The van der Waals surface area contributed by atoms with Crippen LogP contribution in [0.5, 0.6) is 5.75 Å². The number of sulfonamides is 1. The van der Waals surface area contributed by atoms with E-state index >= 15 is 0 Å². The van der Waals surface area contributed by atoms with E-state index in [4.69, 9.17) is 21.4 Å². The van der Waals surface area contributed by atoms with Gasteiger partial charge in [-0.25, -0.2) is 8.42 Å². The molecule has 0 saturated carbocycles. The summed E-state index contributed by atoms with van der Waals surface area (Å²) in [4.78, 5) is 21.3. The third-order valence-electron chi connectivity index (χ3n) is 3.41. The molecule has 9 nitrogen and oxygen atoms in total. The van der Waals surface area contributed by atoms with Crippen molar-refractivity contribution in [2.75, 3.05) is 17.5 Å². The van der Waals surface area contributed by atoms with Gasteiger partial charge >= 0.3 is 5.97 Å². The Kier molecular flexibility index (Phi) is 6.24. The molecule has 0 bridgehead atoms. The van der Waals surface area contributed by atoms with Crippen LogP contribution in [0.15, 0.2) is 47.4 Å². The first kappa shape index (κ1) is 20.5. The fourth-order valence-electron chi connectivity index (χ4n) is 2.23. The lowest BCUT2D eigenvalue weighted by Gasteiger charge is -2.23. The predicted octanol–water partition coefficient (Wildman–Crippen LogP) is 2.93. The van der Waals surface area contributed by atoms with Crippen molar-refractivity contribution < 1.29 is 28.0 Å². The zero-order valence-corrected chi connectivity index (χ0v) is 15.6. The summed E-state index contributed by atoms with van der Waals surface area (Å²) in [5.41, 5.74) is -0.728. The summed E-state index contributed by atoms with van der Waals surface area (Å²) in [5, 5.41) is 20.0. The molecule has 0 atom stereocenters. The zero-order valence-electron chi connectivity index (χ0n) is 14.0. The number of non-ortho nitro benzene ring substituents is 1. The van der Waals surface area contributed by atoms with Crippen molar-refractivity contribution in [2.45, 2.75) is 11.8 Å². The Balaban J connectivity index is 2.57. The Labute approximate surface area is 159 Å². The summed E-state index contributed by atoms with van der Waals surface area (Å²) in [7, 11) is -4.36. The van der Waals surface area contributed by atoms with Gasteiger partial charge in [-0.3, -0.25) is 19.2 Å². The molecule has 2 rings (SSSR count). The number of nitro benzene ring substituents is 1. The average molecular weight is 415 g/mol. The average Bonchev–Trinajstić information content (AvgIpc) is 2.60. The summed E-state index contributed by atoms with van der Waals surface area (Å²) in [6.45, 7) is 1.19. The van der Waals surface area contributed by atoms with Gasteiger partial charge in [0.1, 0.15) is 12.3 Å². The van der Waals surface area contributed by atoms with Gasteiger partial charge in [0.15, 0.2) is 0 Å².